The molecule has 62 heavy (non-hydrogen) atoms. The quantitative estimate of drug-likeness (QED) is 0.0453. The summed E-state index contributed by atoms with van der Waals surface area (Å²) in [5, 5.41) is 5.48. The SMILES string of the molecule is CC(C)CCCCC1CCC2C3CC=C4CC(OC(=O)CN(CCCCCCCCNC(=O)OC(C)(C)C)C(=O)CCCCNC=O)CCC4(C)C3CCC12C.COC(C)(C)C. The Hall–Kier alpha value is -2.62. The monoisotopic (exact) mass is 872 g/mol. The maximum absolute atomic E-state index is 13.5. The normalized spacial score (nSPS) is 26.8. The Morgan fingerprint density at radius 3 is 2.18 bits per heavy atom. The van der Waals surface area contributed by atoms with E-state index < -0.39 is 5.60 Å². The summed E-state index contributed by atoms with van der Waals surface area (Å²) in [5.41, 5.74) is 1.78. The van der Waals surface area contributed by atoms with Crippen molar-refractivity contribution in [3.63, 3.8) is 0 Å². The van der Waals surface area contributed by atoms with Crippen molar-refractivity contribution in [1.82, 2.24) is 15.5 Å². The summed E-state index contributed by atoms with van der Waals surface area (Å²) >= 11 is 0. The Bertz CT molecular complexity index is 1400. The molecule has 0 aromatic carbocycles. The van der Waals surface area contributed by atoms with Crippen LogP contribution in [0, 0.1) is 40.4 Å². The molecule has 10 heteroatoms. The topological polar surface area (TPSA) is 123 Å². The molecule has 0 saturated heterocycles. The molecule has 3 amide bonds. The van der Waals surface area contributed by atoms with Gasteiger partial charge in [0.25, 0.3) is 0 Å². The molecule has 358 valence electrons. The third kappa shape index (κ3) is 17.7. The maximum Gasteiger partial charge on any atom is 0.407 e. The van der Waals surface area contributed by atoms with Gasteiger partial charge in [0.1, 0.15) is 18.2 Å². The molecule has 7 unspecified atom stereocenters. The number of carbonyl (C=O) groups excluding carboxylic acids is 4. The van der Waals surface area contributed by atoms with Crippen molar-refractivity contribution in [1.29, 1.82) is 0 Å². The van der Waals surface area contributed by atoms with Gasteiger partial charge in [0.15, 0.2) is 0 Å². The van der Waals surface area contributed by atoms with Crippen molar-refractivity contribution in [2.45, 2.75) is 221 Å². The first kappa shape index (κ1) is 53.7. The third-order valence-electron chi connectivity index (χ3n) is 15.0. The predicted molar refractivity (Wildman–Crippen MR) is 252 cm³/mol. The fraction of sp³-hybridized carbons (Fsp3) is 0.885. The van der Waals surface area contributed by atoms with E-state index in [0.717, 1.165) is 93.8 Å². The van der Waals surface area contributed by atoms with E-state index >= 15 is 0 Å². The number of ether oxygens (including phenoxy) is 3. The highest BCUT2D eigenvalue weighted by Crippen LogP contribution is 2.67. The Kier molecular flexibility index (Phi) is 22.3. The number of methoxy groups -OCH3 is 1. The number of carbonyl (C=O) groups is 4. The summed E-state index contributed by atoms with van der Waals surface area (Å²) in [6.07, 6.45) is 25.4. The number of hydrogen-bond acceptors (Lipinski definition) is 7. The summed E-state index contributed by atoms with van der Waals surface area (Å²) in [6.45, 7) is 23.2. The summed E-state index contributed by atoms with van der Waals surface area (Å²) in [4.78, 5) is 51.0. The molecule has 10 nitrogen and oxygen atoms in total. The molecule has 0 spiro atoms. The van der Waals surface area contributed by atoms with Gasteiger partial charge in [-0.2, -0.15) is 0 Å². The largest absolute Gasteiger partial charge is 0.461 e. The van der Waals surface area contributed by atoms with Crippen LogP contribution in [-0.2, 0) is 28.6 Å². The zero-order chi connectivity index (χ0) is 46.0. The molecule has 0 aromatic heterocycles. The average molecular weight is 872 g/mol. The molecule has 3 fully saturated rings. The lowest BCUT2D eigenvalue weighted by atomic mass is 9.47. The number of nitrogens with one attached hydrogen (secondary N) is 2. The molecule has 3 saturated carbocycles. The van der Waals surface area contributed by atoms with Gasteiger partial charge in [0, 0.05) is 39.6 Å². The number of esters is 1. The highest BCUT2D eigenvalue weighted by molar-refractivity contribution is 5.82. The zero-order valence-corrected chi connectivity index (χ0v) is 41.6. The molecule has 4 aliphatic rings. The molecule has 4 rings (SSSR count). The first-order chi connectivity index (χ1) is 29.2. The smallest absolute Gasteiger partial charge is 0.407 e. The van der Waals surface area contributed by atoms with E-state index in [2.05, 4.69) is 44.4 Å². The van der Waals surface area contributed by atoms with Gasteiger partial charge in [0.2, 0.25) is 12.3 Å². The zero-order valence-electron chi connectivity index (χ0n) is 41.6. The van der Waals surface area contributed by atoms with Crippen molar-refractivity contribution in [2.75, 3.05) is 33.3 Å². The van der Waals surface area contributed by atoms with Crippen molar-refractivity contribution < 1.29 is 33.4 Å². The lowest BCUT2D eigenvalue weighted by Crippen LogP contribution is -2.50. The molecular formula is C52H93N3O7. The minimum absolute atomic E-state index is 0.00182. The van der Waals surface area contributed by atoms with E-state index in [0.29, 0.717) is 44.3 Å². The van der Waals surface area contributed by atoms with Gasteiger partial charge in [-0.1, -0.05) is 84.3 Å². The Morgan fingerprint density at radius 2 is 1.52 bits per heavy atom. The van der Waals surface area contributed by atoms with E-state index in [1.54, 1.807) is 12.0 Å². The number of rotatable bonds is 23. The van der Waals surface area contributed by atoms with Gasteiger partial charge in [0.05, 0.1) is 5.60 Å². The van der Waals surface area contributed by atoms with Gasteiger partial charge in [-0.25, -0.2) is 4.79 Å². The van der Waals surface area contributed by atoms with E-state index in [9.17, 15) is 19.2 Å². The number of unbranched alkanes of at least 4 members (excludes halogenated alkanes) is 7. The van der Waals surface area contributed by atoms with E-state index in [-0.39, 0.29) is 41.6 Å². The fourth-order valence-corrected chi connectivity index (χ4v) is 11.3. The van der Waals surface area contributed by atoms with Crippen molar-refractivity contribution in [3.05, 3.63) is 11.6 Å². The van der Waals surface area contributed by atoms with Gasteiger partial charge in [-0.15, -0.1) is 0 Å². The number of allylic oxidation sites excluding steroid dienone is 1. The number of amides is 3. The van der Waals surface area contributed by atoms with Crippen LogP contribution in [0.1, 0.15) is 204 Å². The van der Waals surface area contributed by atoms with E-state index in [1.165, 1.54) is 63.4 Å². The van der Waals surface area contributed by atoms with Gasteiger partial charge in [-0.05, 0) is 159 Å². The molecule has 0 aromatic rings. The molecular weight excluding hydrogens is 779 g/mol. The molecule has 0 bridgehead atoms. The highest BCUT2D eigenvalue weighted by Gasteiger charge is 2.58. The summed E-state index contributed by atoms with van der Waals surface area (Å²) < 4.78 is 16.4. The van der Waals surface area contributed by atoms with Crippen molar-refractivity contribution >= 4 is 24.4 Å². The lowest BCUT2D eigenvalue weighted by molar-refractivity contribution is -0.156. The minimum atomic E-state index is -0.497. The van der Waals surface area contributed by atoms with Gasteiger partial charge >= 0.3 is 12.1 Å². The van der Waals surface area contributed by atoms with Crippen molar-refractivity contribution in [3.8, 4) is 0 Å². The molecule has 0 heterocycles. The fourth-order valence-electron chi connectivity index (χ4n) is 11.3. The van der Waals surface area contributed by atoms with Crippen LogP contribution in [0.5, 0.6) is 0 Å². The minimum Gasteiger partial charge on any atom is -0.461 e. The second-order valence-corrected chi connectivity index (χ2v) is 22.3. The highest BCUT2D eigenvalue weighted by atomic mass is 16.6. The van der Waals surface area contributed by atoms with E-state index in [1.807, 2.05) is 41.5 Å². The molecule has 2 N–H and O–H groups in total. The third-order valence-corrected chi connectivity index (χ3v) is 15.0. The van der Waals surface area contributed by atoms with Crippen LogP contribution in [0.15, 0.2) is 11.6 Å². The predicted octanol–water partition coefficient (Wildman–Crippen LogP) is 11.7. The van der Waals surface area contributed by atoms with Crippen molar-refractivity contribution in [2.24, 2.45) is 40.4 Å². The lowest BCUT2D eigenvalue weighted by Gasteiger charge is -2.58. The van der Waals surface area contributed by atoms with Crippen LogP contribution in [0.3, 0.4) is 0 Å². The van der Waals surface area contributed by atoms with Gasteiger partial charge in [-0.3, -0.25) is 14.4 Å². The maximum atomic E-state index is 13.5. The van der Waals surface area contributed by atoms with Crippen LogP contribution in [0.2, 0.25) is 0 Å². The standard InChI is InChI=1S/C47H81N3O6.C5H12O/c1-35(2)18-12-13-19-36-22-24-40-39-23-21-37-32-38(25-27-47(37,7)41(39)26-28-46(36,40)6)55-43(53)33-50(42(52)20-14-16-29-48-34-51)31-17-11-9-8-10-15-30-49-44(54)56-45(3,4)5;1-5(2,3)6-4/h21,34-36,38-41H,8-20,22-33H2,1-7H3,(H,48,51)(H,49,54);1-4H3. The molecule has 0 aliphatic heterocycles. The number of alkyl carbamates (subject to hydrolysis) is 1. The average Bonchev–Trinajstić information content (AvgIpc) is 3.53. The van der Waals surface area contributed by atoms with E-state index in [4.69, 9.17) is 14.2 Å². The second kappa shape index (κ2) is 25.8. The number of nitrogens with zero attached hydrogens (tertiary/aromatic N) is 1. The van der Waals surface area contributed by atoms with Crippen LogP contribution in [0.25, 0.3) is 0 Å². The van der Waals surface area contributed by atoms with Crippen LogP contribution >= 0.6 is 0 Å². The van der Waals surface area contributed by atoms with Crippen LogP contribution < -0.4 is 10.6 Å². The summed E-state index contributed by atoms with van der Waals surface area (Å²) in [6, 6.07) is 0. The Labute approximate surface area is 378 Å². The summed E-state index contributed by atoms with van der Waals surface area (Å²) in [7, 11) is 1.71. The number of hydrogen-bond donors (Lipinski definition) is 2. The Balaban J connectivity index is 0.00000159. The van der Waals surface area contributed by atoms with Crippen LogP contribution in [0.4, 0.5) is 4.79 Å². The first-order valence-corrected chi connectivity index (χ1v) is 25.1. The van der Waals surface area contributed by atoms with Crippen LogP contribution in [-0.4, -0.2) is 79.9 Å². The Morgan fingerprint density at radius 1 is 0.839 bits per heavy atom. The summed E-state index contributed by atoms with van der Waals surface area (Å²) in [5.74, 6) is 3.76. The van der Waals surface area contributed by atoms with Gasteiger partial charge < -0.3 is 29.7 Å². The number of fused-ring (bicyclic) bond motifs is 5. The first-order valence-electron chi connectivity index (χ1n) is 25.1. The second-order valence-electron chi connectivity index (χ2n) is 22.3. The molecule has 7 atom stereocenters. The molecule has 0 radical (unpaired) electrons. The molecule has 4 aliphatic carbocycles.